The Kier molecular flexibility index (Phi) is 4.10. The van der Waals surface area contributed by atoms with Gasteiger partial charge in [0.25, 0.3) is 0 Å². The molecular formula is C14H11Cl2FO. The largest absolute Gasteiger partial charge is 0.455 e. The lowest BCUT2D eigenvalue weighted by molar-refractivity contribution is 0.476. The first-order valence-corrected chi connectivity index (χ1v) is 6.30. The van der Waals surface area contributed by atoms with Crippen LogP contribution in [-0.2, 0) is 5.88 Å². The van der Waals surface area contributed by atoms with Crippen molar-refractivity contribution in [2.24, 2.45) is 0 Å². The third-order valence-electron chi connectivity index (χ3n) is 2.47. The van der Waals surface area contributed by atoms with Crippen LogP contribution in [0.3, 0.4) is 0 Å². The molecule has 0 N–H and O–H groups in total. The molecule has 0 saturated heterocycles. The molecule has 1 nitrogen and oxygen atoms in total. The van der Waals surface area contributed by atoms with Crippen LogP contribution in [0, 0.1) is 12.7 Å². The van der Waals surface area contributed by atoms with E-state index in [1.54, 1.807) is 12.1 Å². The molecule has 0 saturated carbocycles. The van der Waals surface area contributed by atoms with Crippen LogP contribution in [0.2, 0.25) is 5.02 Å². The van der Waals surface area contributed by atoms with Crippen LogP contribution < -0.4 is 4.74 Å². The van der Waals surface area contributed by atoms with Crippen LogP contribution in [0.5, 0.6) is 11.5 Å². The quantitative estimate of drug-likeness (QED) is 0.693. The summed E-state index contributed by atoms with van der Waals surface area (Å²) in [6, 6.07) is 9.70. The first kappa shape index (κ1) is 13.2. The molecule has 94 valence electrons. The molecule has 0 bridgehead atoms. The van der Waals surface area contributed by atoms with Crippen LogP contribution in [0.25, 0.3) is 0 Å². The molecule has 2 rings (SSSR count). The topological polar surface area (TPSA) is 9.23 Å². The molecule has 0 aromatic heterocycles. The molecule has 0 aliphatic heterocycles. The van der Waals surface area contributed by atoms with Gasteiger partial charge in [0.1, 0.15) is 17.3 Å². The Balaban J connectivity index is 2.36. The van der Waals surface area contributed by atoms with Gasteiger partial charge in [-0.15, -0.1) is 11.6 Å². The van der Waals surface area contributed by atoms with Gasteiger partial charge in [-0.1, -0.05) is 17.7 Å². The number of hydrogen-bond donors (Lipinski definition) is 0. The van der Waals surface area contributed by atoms with E-state index in [1.165, 1.54) is 12.1 Å². The third kappa shape index (κ3) is 2.95. The first-order valence-electron chi connectivity index (χ1n) is 5.38. The molecule has 4 heteroatoms. The van der Waals surface area contributed by atoms with Crippen LogP contribution in [-0.4, -0.2) is 0 Å². The van der Waals surface area contributed by atoms with E-state index in [0.717, 1.165) is 5.56 Å². The average Bonchev–Trinajstić information content (AvgIpc) is 2.36. The summed E-state index contributed by atoms with van der Waals surface area (Å²) in [4.78, 5) is 0. The predicted molar refractivity (Wildman–Crippen MR) is 72.2 cm³/mol. The van der Waals surface area contributed by atoms with Gasteiger partial charge < -0.3 is 4.74 Å². The van der Waals surface area contributed by atoms with E-state index in [0.29, 0.717) is 22.1 Å². The Morgan fingerprint density at radius 3 is 2.61 bits per heavy atom. The van der Waals surface area contributed by atoms with Gasteiger partial charge in [-0.2, -0.15) is 0 Å². The van der Waals surface area contributed by atoms with Crippen molar-refractivity contribution in [3.63, 3.8) is 0 Å². The molecule has 0 heterocycles. The molecule has 0 spiro atoms. The molecule has 18 heavy (non-hydrogen) atoms. The fourth-order valence-electron chi connectivity index (χ4n) is 1.56. The first-order chi connectivity index (χ1) is 8.60. The van der Waals surface area contributed by atoms with Gasteiger partial charge in [0, 0.05) is 5.56 Å². The maximum Gasteiger partial charge on any atom is 0.146 e. The Labute approximate surface area is 115 Å². The molecule has 0 atom stereocenters. The number of alkyl halides is 1. The molecule has 0 aliphatic carbocycles. The highest BCUT2D eigenvalue weighted by molar-refractivity contribution is 6.32. The van der Waals surface area contributed by atoms with Crippen molar-refractivity contribution in [2.45, 2.75) is 12.8 Å². The van der Waals surface area contributed by atoms with E-state index >= 15 is 0 Å². The fraction of sp³-hybridized carbons (Fsp3) is 0.143. The van der Waals surface area contributed by atoms with E-state index in [2.05, 4.69) is 0 Å². The number of benzene rings is 2. The van der Waals surface area contributed by atoms with Gasteiger partial charge >= 0.3 is 0 Å². The van der Waals surface area contributed by atoms with Gasteiger partial charge in [0.2, 0.25) is 0 Å². The maximum absolute atomic E-state index is 13.1. The van der Waals surface area contributed by atoms with Crippen molar-refractivity contribution in [1.29, 1.82) is 0 Å². The highest BCUT2D eigenvalue weighted by Gasteiger charge is 2.08. The van der Waals surface area contributed by atoms with Gasteiger partial charge in [-0.25, -0.2) is 4.39 Å². The molecule has 0 fully saturated rings. The van der Waals surface area contributed by atoms with E-state index in [1.807, 2.05) is 19.1 Å². The Hall–Kier alpha value is -1.25. The molecule has 0 amide bonds. The third-order valence-corrected chi connectivity index (χ3v) is 3.07. The minimum atomic E-state index is -0.340. The van der Waals surface area contributed by atoms with Crippen molar-refractivity contribution >= 4 is 23.2 Å². The van der Waals surface area contributed by atoms with E-state index in [-0.39, 0.29) is 11.7 Å². The number of halogens is 3. The zero-order valence-corrected chi connectivity index (χ0v) is 11.2. The summed E-state index contributed by atoms with van der Waals surface area (Å²) in [5, 5.41) is 0.505. The van der Waals surface area contributed by atoms with Crippen molar-refractivity contribution in [3.8, 4) is 11.5 Å². The van der Waals surface area contributed by atoms with Crippen molar-refractivity contribution in [3.05, 3.63) is 58.4 Å². The van der Waals surface area contributed by atoms with Crippen LogP contribution >= 0.6 is 23.2 Å². The van der Waals surface area contributed by atoms with E-state index in [4.69, 9.17) is 27.9 Å². The highest BCUT2D eigenvalue weighted by atomic mass is 35.5. The van der Waals surface area contributed by atoms with E-state index in [9.17, 15) is 4.39 Å². The predicted octanol–water partition coefficient (Wildman–Crippen LogP) is 5.32. The summed E-state index contributed by atoms with van der Waals surface area (Å²) in [7, 11) is 0. The smallest absolute Gasteiger partial charge is 0.146 e. The summed E-state index contributed by atoms with van der Waals surface area (Å²) in [5.74, 6) is 0.887. The number of hydrogen-bond acceptors (Lipinski definition) is 1. The fourth-order valence-corrected chi connectivity index (χ4v) is 1.92. The van der Waals surface area contributed by atoms with Crippen LogP contribution in [0.15, 0.2) is 36.4 Å². The second-order valence-corrected chi connectivity index (χ2v) is 4.60. The highest BCUT2D eigenvalue weighted by Crippen LogP contribution is 2.32. The monoisotopic (exact) mass is 284 g/mol. The van der Waals surface area contributed by atoms with Crippen molar-refractivity contribution in [2.75, 3.05) is 0 Å². The van der Waals surface area contributed by atoms with Gasteiger partial charge in [-0.3, -0.25) is 0 Å². The lowest BCUT2D eigenvalue weighted by Crippen LogP contribution is -1.92. The van der Waals surface area contributed by atoms with Gasteiger partial charge in [0.05, 0.1) is 10.9 Å². The van der Waals surface area contributed by atoms with Gasteiger partial charge in [0.15, 0.2) is 0 Å². The molecule has 0 unspecified atom stereocenters. The summed E-state index contributed by atoms with van der Waals surface area (Å²) in [6.45, 7) is 1.94. The van der Waals surface area contributed by atoms with Gasteiger partial charge in [-0.05, 0) is 42.8 Å². The zero-order chi connectivity index (χ0) is 13.1. The number of ether oxygens (including phenoxy) is 1. The molecular weight excluding hydrogens is 274 g/mol. The Morgan fingerprint density at radius 1 is 1.11 bits per heavy atom. The van der Waals surface area contributed by atoms with E-state index < -0.39 is 0 Å². The summed E-state index contributed by atoms with van der Waals surface area (Å²) in [6.07, 6.45) is 0. The van der Waals surface area contributed by atoms with Crippen LogP contribution in [0.4, 0.5) is 4.39 Å². The lowest BCUT2D eigenvalue weighted by Gasteiger charge is -2.11. The van der Waals surface area contributed by atoms with Crippen molar-refractivity contribution < 1.29 is 9.13 Å². The SMILES string of the molecule is Cc1ccc(Cl)c(Oc2ccc(F)cc2CCl)c1. The normalized spacial score (nSPS) is 10.4. The second-order valence-electron chi connectivity index (χ2n) is 3.92. The zero-order valence-electron chi connectivity index (χ0n) is 9.71. The Bertz CT molecular complexity index is 570. The van der Waals surface area contributed by atoms with Crippen molar-refractivity contribution in [1.82, 2.24) is 0 Å². The summed E-state index contributed by atoms with van der Waals surface area (Å²) < 4.78 is 18.8. The standard InChI is InChI=1S/C14H11Cl2FO/c1-9-2-4-12(16)14(6-9)18-13-5-3-11(17)7-10(13)8-15/h2-7H,8H2,1H3. The summed E-state index contributed by atoms with van der Waals surface area (Å²) >= 11 is 11.8. The molecule has 0 aliphatic rings. The molecule has 2 aromatic carbocycles. The summed E-state index contributed by atoms with van der Waals surface area (Å²) in [5.41, 5.74) is 1.62. The lowest BCUT2D eigenvalue weighted by atomic mass is 10.2. The minimum absolute atomic E-state index is 0.177. The average molecular weight is 285 g/mol. The molecule has 2 aromatic rings. The minimum Gasteiger partial charge on any atom is -0.455 e. The molecule has 0 radical (unpaired) electrons. The Morgan fingerprint density at radius 2 is 1.89 bits per heavy atom. The second kappa shape index (κ2) is 5.59. The number of aryl methyl sites for hydroxylation is 1. The van der Waals surface area contributed by atoms with Crippen LogP contribution in [0.1, 0.15) is 11.1 Å². The number of rotatable bonds is 3. The maximum atomic E-state index is 13.1.